The van der Waals surface area contributed by atoms with Gasteiger partial charge >= 0.3 is 11.9 Å². The number of ether oxygens (including phenoxy) is 2. The van der Waals surface area contributed by atoms with Crippen molar-refractivity contribution in [1.29, 1.82) is 0 Å². The van der Waals surface area contributed by atoms with E-state index in [2.05, 4.69) is 51.3 Å². The third kappa shape index (κ3) is 10.5. The zero-order valence-electron chi connectivity index (χ0n) is 24.9. The van der Waals surface area contributed by atoms with Crippen LogP contribution >= 0.6 is 0 Å². The number of carbonyl (C=O) groups excluding carboxylic acids is 2. The monoisotopic (exact) mass is 556 g/mol. The number of unbranched alkanes of at least 4 members (excludes halogenated alkanes) is 5. The van der Waals surface area contributed by atoms with Gasteiger partial charge in [-0.15, -0.1) is 0 Å². The minimum absolute atomic E-state index is 0.0214. The van der Waals surface area contributed by atoms with E-state index in [1.807, 2.05) is 0 Å². The maximum Gasteiger partial charge on any atom is 0.335 e. The van der Waals surface area contributed by atoms with E-state index in [0.717, 1.165) is 24.3 Å². The predicted molar refractivity (Wildman–Crippen MR) is 160 cm³/mol. The Morgan fingerprint density at radius 1 is 0.800 bits per heavy atom. The largest absolute Gasteiger partial charge is 0.461 e. The van der Waals surface area contributed by atoms with Crippen molar-refractivity contribution < 1.29 is 29.3 Å². The van der Waals surface area contributed by atoms with Gasteiger partial charge in [0.2, 0.25) is 0 Å². The first-order valence-corrected chi connectivity index (χ1v) is 15.3. The lowest BCUT2D eigenvalue weighted by atomic mass is 9.74. The summed E-state index contributed by atoms with van der Waals surface area (Å²) in [5.74, 6) is 0.0545. The third-order valence-electron chi connectivity index (χ3n) is 8.48. The number of aliphatic hydroxyl groups excluding tert-OH is 2. The second-order valence-corrected chi connectivity index (χ2v) is 11.6. The number of rotatable bonds is 19. The van der Waals surface area contributed by atoms with Crippen LogP contribution < -0.4 is 0 Å². The SMILES string of the molecule is C=C(CO)C(=O)OCC(CCCC)(COC(=O)C(=C)CO)c1ccc(C2CCC(CCCCCCC)CC2)cc1. The van der Waals surface area contributed by atoms with Crippen LogP contribution in [0.3, 0.4) is 0 Å². The van der Waals surface area contributed by atoms with Gasteiger partial charge in [0.05, 0.1) is 29.8 Å². The molecule has 1 aliphatic rings. The van der Waals surface area contributed by atoms with Crippen LogP contribution in [0.5, 0.6) is 0 Å². The number of aliphatic hydroxyl groups is 2. The van der Waals surface area contributed by atoms with Crippen LogP contribution in [0.25, 0.3) is 0 Å². The molecule has 1 aliphatic carbocycles. The van der Waals surface area contributed by atoms with Crippen LogP contribution in [-0.2, 0) is 24.5 Å². The topological polar surface area (TPSA) is 93.1 Å². The molecule has 0 aromatic heterocycles. The molecule has 0 bridgehead atoms. The fourth-order valence-electron chi connectivity index (χ4n) is 5.68. The van der Waals surface area contributed by atoms with Gasteiger partial charge in [-0.1, -0.05) is 103 Å². The number of hydrogen-bond donors (Lipinski definition) is 2. The molecule has 6 heteroatoms. The van der Waals surface area contributed by atoms with Gasteiger partial charge in [-0.25, -0.2) is 9.59 Å². The predicted octanol–water partition coefficient (Wildman–Crippen LogP) is 6.93. The Morgan fingerprint density at radius 3 is 1.82 bits per heavy atom. The van der Waals surface area contributed by atoms with Gasteiger partial charge in [-0.2, -0.15) is 0 Å². The molecular formula is C34H52O6. The Labute approximate surface area is 241 Å². The third-order valence-corrected chi connectivity index (χ3v) is 8.48. The van der Waals surface area contributed by atoms with Gasteiger partial charge in [0, 0.05) is 0 Å². The van der Waals surface area contributed by atoms with Crippen LogP contribution in [0.2, 0.25) is 0 Å². The van der Waals surface area contributed by atoms with E-state index in [1.165, 1.54) is 69.8 Å². The van der Waals surface area contributed by atoms with Crippen molar-refractivity contribution in [3.8, 4) is 0 Å². The summed E-state index contributed by atoms with van der Waals surface area (Å²) in [6, 6.07) is 8.51. The first-order chi connectivity index (χ1) is 19.3. The lowest BCUT2D eigenvalue weighted by molar-refractivity contribution is -0.146. The second-order valence-electron chi connectivity index (χ2n) is 11.6. The highest BCUT2D eigenvalue weighted by Crippen LogP contribution is 2.39. The number of benzene rings is 1. The molecule has 6 nitrogen and oxygen atoms in total. The molecule has 0 heterocycles. The Hall–Kier alpha value is -2.44. The summed E-state index contributed by atoms with van der Waals surface area (Å²) in [5, 5.41) is 18.6. The Bertz CT molecular complexity index is 894. The smallest absolute Gasteiger partial charge is 0.335 e. The summed E-state index contributed by atoms with van der Waals surface area (Å²) in [7, 11) is 0. The lowest BCUT2D eigenvalue weighted by Gasteiger charge is -2.34. The number of esters is 2. The van der Waals surface area contributed by atoms with Gasteiger partial charge in [-0.05, 0) is 55.1 Å². The summed E-state index contributed by atoms with van der Waals surface area (Å²) in [5.41, 5.74) is 1.42. The fraction of sp³-hybridized carbons (Fsp3) is 0.647. The van der Waals surface area contributed by atoms with E-state index in [0.29, 0.717) is 12.3 Å². The normalized spacial score (nSPS) is 17.3. The van der Waals surface area contributed by atoms with Crippen LogP contribution in [0.1, 0.15) is 114 Å². The van der Waals surface area contributed by atoms with E-state index < -0.39 is 30.6 Å². The molecule has 1 aromatic rings. The first-order valence-electron chi connectivity index (χ1n) is 15.3. The Morgan fingerprint density at radius 2 is 1.32 bits per heavy atom. The molecule has 0 spiro atoms. The fourth-order valence-corrected chi connectivity index (χ4v) is 5.68. The van der Waals surface area contributed by atoms with Crippen LogP contribution in [0, 0.1) is 5.92 Å². The highest BCUT2D eigenvalue weighted by molar-refractivity contribution is 5.88. The van der Waals surface area contributed by atoms with Crippen molar-refractivity contribution in [2.24, 2.45) is 5.92 Å². The van der Waals surface area contributed by atoms with E-state index in [-0.39, 0.29) is 24.4 Å². The standard InChI is InChI=1S/C34H52O6/c1-5-7-9-10-11-12-28-13-15-29(16-14-28)30-17-19-31(20-18-30)34(21-8-6-2,24-39-32(37)26(3)22-35)25-40-33(38)27(4)23-36/h17-20,28-29,35-36H,3-16,21-25H2,1-2H3. The molecule has 1 fully saturated rings. The Balaban J connectivity index is 2.16. The van der Waals surface area contributed by atoms with E-state index >= 15 is 0 Å². The van der Waals surface area contributed by atoms with Crippen molar-refractivity contribution in [2.75, 3.05) is 26.4 Å². The molecule has 0 aliphatic heterocycles. The van der Waals surface area contributed by atoms with Crippen LogP contribution in [0.15, 0.2) is 48.6 Å². The maximum absolute atomic E-state index is 12.4. The molecule has 0 atom stereocenters. The molecule has 2 N–H and O–H groups in total. The number of carbonyl (C=O) groups is 2. The molecule has 0 unspecified atom stereocenters. The summed E-state index contributed by atoms with van der Waals surface area (Å²) < 4.78 is 11.2. The highest BCUT2D eigenvalue weighted by Gasteiger charge is 2.36. The van der Waals surface area contributed by atoms with E-state index in [4.69, 9.17) is 9.47 Å². The molecule has 0 saturated heterocycles. The lowest BCUT2D eigenvalue weighted by Crippen LogP contribution is -2.39. The maximum atomic E-state index is 12.4. The van der Waals surface area contributed by atoms with Crippen molar-refractivity contribution in [2.45, 2.75) is 109 Å². The zero-order chi connectivity index (χ0) is 29.4. The quantitative estimate of drug-likeness (QED) is 0.109. The van der Waals surface area contributed by atoms with Crippen molar-refractivity contribution in [1.82, 2.24) is 0 Å². The zero-order valence-corrected chi connectivity index (χ0v) is 24.9. The minimum Gasteiger partial charge on any atom is -0.461 e. The Kier molecular flexibility index (Phi) is 15.3. The summed E-state index contributed by atoms with van der Waals surface area (Å²) in [6.07, 6.45) is 15.5. The molecule has 1 aromatic carbocycles. The van der Waals surface area contributed by atoms with Gasteiger partial charge in [0.15, 0.2) is 0 Å². The van der Waals surface area contributed by atoms with Gasteiger partial charge in [0.1, 0.15) is 13.2 Å². The van der Waals surface area contributed by atoms with Crippen molar-refractivity contribution in [3.63, 3.8) is 0 Å². The van der Waals surface area contributed by atoms with Gasteiger partial charge in [0.25, 0.3) is 0 Å². The molecule has 0 radical (unpaired) electrons. The summed E-state index contributed by atoms with van der Waals surface area (Å²) >= 11 is 0. The molecule has 40 heavy (non-hydrogen) atoms. The molecule has 0 amide bonds. The average Bonchev–Trinajstić information content (AvgIpc) is 3.00. The molecule has 1 saturated carbocycles. The molecular weight excluding hydrogens is 504 g/mol. The van der Waals surface area contributed by atoms with E-state index in [1.54, 1.807) is 0 Å². The second kappa shape index (κ2) is 18.1. The van der Waals surface area contributed by atoms with Gasteiger partial charge < -0.3 is 19.7 Å². The first kappa shape index (κ1) is 33.8. The molecule has 2 rings (SSSR count). The van der Waals surface area contributed by atoms with Crippen molar-refractivity contribution in [3.05, 3.63) is 59.7 Å². The highest BCUT2D eigenvalue weighted by atomic mass is 16.5. The van der Waals surface area contributed by atoms with Gasteiger partial charge in [-0.3, -0.25) is 0 Å². The van der Waals surface area contributed by atoms with E-state index in [9.17, 15) is 19.8 Å². The van der Waals surface area contributed by atoms with Crippen molar-refractivity contribution >= 4 is 11.9 Å². The van der Waals surface area contributed by atoms with Crippen LogP contribution in [-0.4, -0.2) is 48.6 Å². The summed E-state index contributed by atoms with van der Waals surface area (Å²) in [6.45, 7) is 10.5. The average molecular weight is 557 g/mol. The van der Waals surface area contributed by atoms with Crippen LogP contribution in [0.4, 0.5) is 0 Å². The number of hydrogen-bond acceptors (Lipinski definition) is 6. The molecule has 224 valence electrons. The summed E-state index contributed by atoms with van der Waals surface area (Å²) in [4.78, 5) is 24.8. The minimum atomic E-state index is -0.777.